The maximum atomic E-state index is 11.3. The van der Waals surface area contributed by atoms with Crippen molar-refractivity contribution in [2.24, 2.45) is 0 Å². The zero-order chi connectivity index (χ0) is 13.0. The van der Waals surface area contributed by atoms with Crippen LogP contribution in [0.1, 0.15) is 35.8 Å². The number of H-pyrrole nitrogens is 1. The molecule has 2 rings (SSSR count). The normalized spacial score (nSPS) is 10.5. The average Bonchev–Trinajstić information content (AvgIpc) is 2.81. The molecule has 0 spiro atoms. The molecule has 0 saturated heterocycles. The molecule has 0 unspecified atom stereocenters. The predicted octanol–water partition coefficient (Wildman–Crippen LogP) is 3.72. The number of carboxylic acid groups (broad SMARTS) is 1. The number of hydrogen-bond acceptors (Lipinski definition) is 1. The largest absolute Gasteiger partial charge is 0.477 e. The van der Waals surface area contributed by atoms with Crippen molar-refractivity contribution in [1.82, 2.24) is 4.98 Å². The minimum Gasteiger partial charge on any atom is -0.477 e. The van der Waals surface area contributed by atoms with Crippen LogP contribution >= 0.6 is 0 Å². The van der Waals surface area contributed by atoms with E-state index in [0.717, 1.165) is 36.0 Å². The number of carboxylic acids is 1. The van der Waals surface area contributed by atoms with Crippen LogP contribution < -0.4 is 0 Å². The van der Waals surface area contributed by atoms with Crippen LogP contribution in [0.15, 0.2) is 36.5 Å². The summed E-state index contributed by atoms with van der Waals surface area (Å²) in [6.45, 7) is 2.13. The summed E-state index contributed by atoms with van der Waals surface area (Å²) in [4.78, 5) is 14.1. The highest BCUT2D eigenvalue weighted by Crippen LogP contribution is 2.28. The molecule has 1 aromatic heterocycles. The van der Waals surface area contributed by atoms with Gasteiger partial charge in [0, 0.05) is 11.8 Å². The number of nitrogens with one attached hydrogen (secondary N) is 1. The van der Waals surface area contributed by atoms with Crippen molar-refractivity contribution in [2.75, 3.05) is 0 Å². The Labute approximate surface area is 106 Å². The van der Waals surface area contributed by atoms with E-state index < -0.39 is 5.97 Å². The first kappa shape index (κ1) is 12.4. The first-order valence-electron chi connectivity index (χ1n) is 6.23. The summed E-state index contributed by atoms with van der Waals surface area (Å²) >= 11 is 0. The van der Waals surface area contributed by atoms with Gasteiger partial charge in [-0.05, 0) is 24.0 Å². The molecule has 1 heterocycles. The maximum absolute atomic E-state index is 11.3. The van der Waals surface area contributed by atoms with E-state index in [-0.39, 0.29) is 5.69 Å². The number of aryl methyl sites for hydroxylation is 1. The van der Waals surface area contributed by atoms with Crippen molar-refractivity contribution in [3.05, 3.63) is 47.8 Å². The Balaban J connectivity index is 2.47. The first-order chi connectivity index (χ1) is 8.74. The van der Waals surface area contributed by atoms with Crippen molar-refractivity contribution in [3.63, 3.8) is 0 Å². The molecule has 0 aliphatic carbocycles. The molecule has 0 bridgehead atoms. The number of aromatic nitrogens is 1. The van der Waals surface area contributed by atoms with Crippen LogP contribution in [0.5, 0.6) is 0 Å². The second-order valence-corrected chi connectivity index (χ2v) is 4.34. The molecule has 0 amide bonds. The van der Waals surface area contributed by atoms with Gasteiger partial charge < -0.3 is 10.1 Å². The second kappa shape index (κ2) is 5.54. The van der Waals surface area contributed by atoms with E-state index in [1.165, 1.54) is 0 Å². The minimum absolute atomic E-state index is 0.285. The number of carbonyl (C=O) groups is 1. The number of hydrogen-bond donors (Lipinski definition) is 2. The van der Waals surface area contributed by atoms with Gasteiger partial charge in [-0.25, -0.2) is 4.79 Å². The minimum atomic E-state index is -0.906. The fourth-order valence-electron chi connectivity index (χ4n) is 2.13. The van der Waals surface area contributed by atoms with Gasteiger partial charge in [0.05, 0.1) is 0 Å². The van der Waals surface area contributed by atoms with Crippen molar-refractivity contribution in [1.29, 1.82) is 0 Å². The van der Waals surface area contributed by atoms with Gasteiger partial charge in [-0.1, -0.05) is 43.7 Å². The van der Waals surface area contributed by atoms with Crippen LogP contribution in [-0.4, -0.2) is 16.1 Å². The number of benzene rings is 1. The van der Waals surface area contributed by atoms with E-state index in [9.17, 15) is 9.90 Å². The van der Waals surface area contributed by atoms with Crippen molar-refractivity contribution in [2.45, 2.75) is 26.2 Å². The van der Waals surface area contributed by atoms with Gasteiger partial charge in [0.15, 0.2) is 0 Å². The molecule has 18 heavy (non-hydrogen) atoms. The molecule has 1 aromatic carbocycles. The lowest BCUT2D eigenvalue weighted by Crippen LogP contribution is -1.99. The fraction of sp³-hybridized carbons (Fsp3) is 0.267. The van der Waals surface area contributed by atoms with Gasteiger partial charge in [-0.2, -0.15) is 0 Å². The van der Waals surface area contributed by atoms with E-state index in [1.54, 1.807) is 0 Å². The van der Waals surface area contributed by atoms with E-state index in [2.05, 4.69) is 11.9 Å². The van der Waals surface area contributed by atoms with Crippen molar-refractivity contribution < 1.29 is 9.90 Å². The van der Waals surface area contributed by atoms with Crippen LogP contribution in [0.4, 0.5) is 0 Å². The standard InChI is InChI=1S/C15H17NO2/c1-2-3-7-12-10-16-14(15(17)18)13(12)11-8-5-4-6-9-11/h4-6,8-10,16H,2-3,7H2,1H3,(H,17,18). The molecule has 3 nitrogen and oxygen atoms in total. The summed E-state index contributed by atoms with van der Waals surface area (Å²) in [7, 11) is 0. The summed E-state index contributed by atoms with van der Waals surface area (Å²) < 4.78 is 0. The van der Waals surface area contributed by atoms with Gasteiger partial charge in [0.1, 0.15) is 5.69 Å². The third-order valence-electron chi connectivity index (χ3n) is 3.04. The van der Waals surface area contributed by atoms with Crippen molar-refractivity contribution in [3.8, 4) is 11.1 Å². The Kier molecular flexibility index (Phi) is 3.82. The van der Waals surface area contributed by atoms with E-state index >= 15 is 0 Å². The summed E-state index contributed by atoms with van der Waals surface area (Å²) in [5.41, 5.74) is 3.16. The molecule has 3 heteroatoms. The molecule has 2 N–H and O–H groups in total. The smallest absolute Gasteiger partial charge is 0.352 e. The van der Waals surface area contributed by atoms with E-state index in [1.807, 2.05) is 36.5 Å². The van der Waals surface area contributed by atoms with E-state index in [4.69, 9.17) is 0 Å². The molecule has 2 aromatic rings. The molecule has 0 aliphatic heterocycles. The number of aromatic amines is 1. The highest BCUT2D eigenvalue weighted by molar-refractivity contribution is 5.95. The predicted molar refractivity (Wildman–Crippen MR) is 71.8 cm³/mol. The summed E-state index contributed by atoms with van der Waals surface area (Å²) in [6.07, 6.45) is 4.89. The maximum Gasteiger partial charge on any atom is 0.352 e. The third kappa shape index (κ3) is 2.45. The van der Waals surface area contributed by atoms with Gasteiger partial charge in [-0.3, -0.25) is 0 Å². The summed E-state index contributed by atoms with van der Waals surface area (Å²) in [6, 6.07) is 9.69. The molecule has 0 aliphatic rings. The molecule has 0 atom stereocenters. The Morgan fingerprint density at radius 3 is 2.61 bits per heavy atom. The second-order valence-electron chi connectivity index (χ2n) is 4.34. The Morgan fingerprint density at radius 2 is 2.00 bits per heavy atom. The monoisotopic (exact) mass is 243 g/mol. The lowest BCUT2D eigenvalue weighted by molar-refractivity contribution is 0.0692. The quantitative estimate of drug-likeness (QED) is 0.840. The Morgan fingerprint density at radius 1 is 1.28 bits per heavy atom. The average molecular weight is 243 g/mol. The molecule has 94 valence electrons. The van der Waals surface area contributed by atoms with E-state index in [0.29, 0.717) is 0 Å². The number of unbranched alkanes of at least 4 members (excludes halogenated alkanes) is 1. The van der Waals surface area contributed by atoms with Crippen LogP contribution in [-0.2, 0) is 6.42 Å². The highest BCUT2D eigenvalue weighted by atomic mass is 16.4. The number of rotatable bonds is 5. The zero-order valence-electron chi connectivity index (χ0n) is 10.4. The lowest BCUT2D eigenvalue weighted by Gasteiger charge is -2.05. The van der Waals surface area contributed by atoms with Gasteiger partial charge in [0.25, 0.3) is 0 Å². The van der Waals surface area contributed by atoms with Gasteiger partial charge >= 0.3 is 5.97 Å². The summed E-state index contributed by atoms with van der Waals surface area (Å²) in [5.74, 6) is -0.906. The lowest BCUT2D eigenvalue weighted by atomic mass is 9.98. The molecule has 0 saturated carbocycles. The molecular formula is C15H17NO2. The zero-order valence-corrected chi connectivity index (χ0v) is 10.4. The van der Waals surface area contributed by atoms with Crippen LogP contribution in [0.25, 0.3) is 11.1 Å². The Hall–Kier alpha value is -2.03. The fourth-order valence-corrected chi connectivity index (χ4v) is 2.13. The topological polar surface area (TPSA) is 53.1 Å². The van der Waals surface area contributed by atoms with Gasteiger partial charge in [0.2, 0.25) is 0 Å². The first-order valence-corrected chi connectivity index (χ1v) is 6.23. The van der Waals surface area contributed by atoms with Crippen LogP contribution in [0.2, 0.25) is 0 Å². The Bertz CT molecular complexity index is 529. The van der Waals surface area contributed by atoms with Gasteiger partial charge in [-0.15, -0.1) is 0 Å². The molecule has 0 fully saturated rings. The third-order valence-corrected chi connectivity index (χ3v) is 3.04. The molecular weight excluding hydrogens is 226 g/mol. The highest BCUT2D eigenvalue weighted by Gasteiger charge is 2.17. The van der Waals surface area contributed by atoms with Crippen molar-refractivity contribution >= 4 is 5.97 Å². The van der Waals surface area contributed by atoms with Crippen LogP contribution in [0, 0.1) is 0 Å². The molecule has 0 radical (unpaired) electrons. The SMILES string of the molecule is CCCCc1c[nH]c(C(=O)O)c1-c1ccccc1. The van der Waals surface area contributed by atoms with Crippen LogP contribution in [0.3, 0.4) is 0 Å². The number of aromatic carboxylic acids is 1. The summed E-state index contributed by atoms with van der Waals surface area (Å²) in [5, 5.41) is 9.23.